The molecule has 0 aliphatic heterocycles. The number of carboxylic acids is 1. The number of hydrogen-bond acceptors (Lipinski definition) is 3. The fourth-order valence-corrected chi connectivity index (χ4v) is 1.95. The van der Waals surface area contributed by atoms with Gasteiger partial charge in [-0.15, -0.1) is 0 Å². The molecule has 0 saturated carbocycles. The lowest BCUT2D eigenvalue weighted by atomic mass is 10.2. The van der Waals surface area contributed by atoms with Crippen LogP contribution in [0.5, 0.6) is 5.75 Å². The molecule has 0 aliphatic carbocycles. The number of benzene rings is 1. The molecule has 0 spiro atoms. The molecular weight excluding hydrogens is 296 g/mol. The molecule has 0 saturated heterocycles. The number of rotatable bonds is 9. The summed E-state index contributed by atoms with van der Waals surface area (Å²) in [6.07, 6.45) is 1.64. The van der Waals surface area contributed by atoms with E-state index in [2.05, 4.69) is 5.32 Å². The molecule has 0 heterocycles. The third-order valence-electron chi connectivity index (χ3n) is 3.45. The van der Waals surface area contributed by atoms with Crippen LogP contribution in [-0.4, -0.2) is 48.8 Å². The van der Waals surface area contributed by atoms with E-state index >= 15 is 0 Å². The second kappa shape index (κ2) is 9.71. The Bertz CT molecular complexity index is 502. The number of nitrogens with zero attached hydrogens (tertiary/aromatic N) is 1. The Hall–Kier alpha value is -2.24. The third-order valence-corrected chi connectivity index (χ3v) is 3.45. The number of unbranched alkanes of at least 4 members (excludes halogenated alkanes) is 1. The minimum Gasteiger partial charge on any atom is -0.494 e. The molecule has 23 heavy (non-hydrogen) atoms. The largest absolute Gasteiger partial charge is 0.494 e. The van der Waals surface area contributed by atoms with Crippen molar-refractivity contribution in [1.82, 2.24) is 10.2 Å². The predicted molar refractivity (Wildman–Crippen MR) is 88.7 cm³/mol. The molecular formula is C17H26N2O4. The smallest absolute Gasteiger partial charge is 0.317 e. The van der Waals surface area contributed by atoms with E-state index in [-0.39, 0.29) is 12.6 Å². The van der Waals surface area contributed by atoms with Crippen molar-refractivity contribution < 1.29 is 19.4 Å². The van der Waals surface area contributed by atoms with Crippen molar-refractivity contribution in [2.75, 3.05) is 26.7 Å². The van der Waals surface area contributed by atoms with Gasteiger partial charge in [-0.2, -0.15) is 0 Å². The summed E-state index contributed by atoms with van der Waals surface area (Å²) in [6.45, 7) is 4.94. The van der Waals surface area contributed by atoms with Gasteiger partial charge < -0.3 is 20.1 Å². The van der Waals surface area contributed by atoms with Gasteiger partial charge in [0.25, 0.3) is 0 Å². The average Bonchev–Trinajstić information content (AvgIpc) is 2.51. The van der Waals surface area contributed by atoms with Crippen LogP contribution in [0, 0.1) is 12.8 Å². The van der Waals surface area contributed by atoms with Gasteiger partial charge in [-0.3, -0.25) is 4.79 Å². The molecule has 2 amide bonds. The maximum atomic E-state index is 11.8. The zero-order valence-electron chi connectivity index (χ0n) is 14.0. The summed E-state index contributed by atoms with van der Waals surface area (Å²) in [6, 6.07) is 7.64. The highest BCUT2D eigenvalue weighted by atomic mass is 16.5. The van der Waals surface area contributed by atoms with E-state index in [1.165, 1.54) is 10.5 Å². The van der Waals surface area contributed by atoms with Crippen molar-refractivity contribution in [1.29, 1.82) is 0 Å². The van der Waals surface area contributed by atoms with E-state index in [4.69, 9.17) is 9.84 Å². The Balaban J connectivity index is 2.11. The second-order valence-electron chi connectivity index (χ2n) is 5.72. The molecule has 0 radical (unpaired) electrons. The molecule has 6 nitrogen and oxygen atoms in total. The fraction of sp³-hybridized carbons (Fsp3) is 0.529. The van der Waals surface area contributed by atoms with Crippen LogP contribution >= 0.6 is 0 Å². The first-order valence-electron chi connectivity index (χ1n) is 7.81. The van der Waals surface area contributed by atoms with E-state index in [0.717, 1.165) is 18.6 Å². The van der Waals surface area contributed by atoms with Crippen molar-refractivity contribution in [3.63, 3.8) is 0 Å². The lowest BCUT2D eigenvalue weighted by Crippen LogP contribution is -2.41. The first kappa shape index (κ1) is 18.8. The van der Waals surface area contributed by atoms with Crippen LogP contribution in [0.4, 0.5) is 4.79 Å². The molecule has 1 rings (SSSR count). The summed E-state index contributed by atoms with van der Waals surface area (Å²) >= 11 is 0. The van der Waals surface area contributed by atoms with Crippen LogP contribution in [0.25, 0.3) is 0 Å². The lowest BCUT2D eigenvalue weighted by molar-refractivity contribution is -0.141. The molecule has 0 fully saturated rings. The minimum atomic E-state index is -0.905. The number of carbonyl (C=O) groups is 2. The summed E-state index contributed by atoms with van der Waals surface area (Å²) in [5, 5.41) is 11.6. The summed E-state index contributed by atoms with van der Waals surface area (Å²) < 4.78 is 5.61. The van der Waals surface area contributed by atoms with Gasteiger partial charge in [0.15, 0.2) is 0 Å². The summed E-state index contributed by atoms with van der Waals surface area (Å²) in [4.78, 5) is 23.9. The zero-order valence-corrected chi connectivity index (χ0v) is 14.0. The molecule has 2 N–H and O–H groups in total. The molecule has 1 aromatic carbocycles. The van der Waals surface area contributed by atoms with Gasteiger partial charge in [-0.05, 0) is 31.9 Å². The zero-order chi connectivity index (χ0) is 17.2. The van der Waals surface area contributed by atoms with E-state index in [0.29, 0.717) is 13.2 Å². The normalized spacial score (nSPS) is 11.6. The topological polar surface area (TPSA) is 78.9 Å². The summed E-state index contributed by atoms with van der Waals surface area (Å²) in [5.41, 5.74) is 1.20. The number of hydrogen-bond donors (Lipinski definition) is 2. The number of aliphatic carboxylic acids is 1. The number of carboxylic acid groups (broad SMARTS) is 1. The number of amides is 2. The van der Waals surface area contributed by atoms with Crippen molar-refractivity contribution in [3.05, 3.63) is 29.8 Å². The van der Waals surface area contributed by atoms with Crippen molar-refractivity contribution in [2.45, 2.75) is 26.7 Å². The van der Waals surface area contributed by atoms with E-state index in [9.17, 15) is 9.59 Å². The monoisotopic (exact) mass is 322 g/mol. The maximum absolute atomic E-state index is 11.8. The Labute approximate surface area is 137 Å². The lowest BCUT2D eigenvalue weighted by Gasteiger charge is -2.20. The Morgan fingerprint density at radius 3 is 2.52 bits per heavy atom. The van der Waals surface area contributed by atoms with Gasteiger partial charge in [0.2, 0.25) is 0 Å². The van der Waals surface area contributed by atoms with E-state index < -0.39 is 11.9 Å². The van der Waals surface area contributed by atoms with Crippen molar-refractivity contribution in [2.24, 2.45) is 5.92 Å². The Morgan fingerprint density at radius 1 is 1.26 bits per heavy atom. The van der Waals surface area contributed by atoms with Crippen molar-refractivity contribution in [3.8, 4) is 5.75 Å². The molecule has 0 aromatic heterocycles. The van der Waals surface area contributed by atoms with Gasteiger partial charge >= 0.3 is 12.0 Å². The summed E-state index contributed by atoms with van der Waals surface area (Å²) in [7, 11) is 1.59. The number of aryl methyl sites for hydroxylation is 1. The molecule has 0 aliphatic rings. The van der Waals surface area contributed by atoms with Crippen LogP contribution in [0.3, 0.4) is 0 Å². The number of nitrogens with one attached hydrogen (secondary N) is 1. The number of urea groups is 1. The Kier molecular flexibility index (Phi) is 7.94. The first-order chi connectivity index (χ1) is 10.9. The minimum absolute atomic E-state index is 0.192. The molecule has 1 aromatic rings. The van der Waals surface area contributed by atoms with Crippen LogP contribution in [0.15, 0.2) is 24.3 Å². The van der Waals surface area contributed by atoms with E-state index in [1.54, 1.807) is 14.0 Å². The molecule has 0 bridgehead atoms. The highest BCUT2D eigenvalue weighted by Gasteiger charge is 2.16. The van der Waals surface area contributed by atoms with Crippen LogP contribution in [0.1, 0.15) is 25.3 Å². The SMILES string of the molecule is Cc1ccc(OCCCCNC(=O)N(C)CC(C)C(=O)O)cc1. The van der Waals surface area contributed by atoms with Gasteiger partial charge in [0, 0.05) is 20.1 Å². The highest BCUT2D eigenvalue weighted by molar-refractivity contribution is 5.75. The number of ether oxygens (including phenoxy) is 1. The van der Waals surface area contributed by atoms with Crippen LogP contribution < -0.4 is 10.1 Å². The summed E-state index contributed by atoms with van der Waals surface area (Å²) in [5.74, 6) is -0.631. The van der Waals surface area contributed by atoms with Gasteiger partial charge in [-0.25, -0.2) is 4.79 Å². The molecule has 6 heteroatoms. The van der Waals surface area contributed by atoms with Gasteiger partial charge in [-0.1, -0.05) is 24.6 Å². The Morgan fingerprint density at radius 2 is 1.91 bits per heavy atom. The highest BCUT2D eigenvalue weighted by Crippen LogP contribution is 2.11. The third kappa shape index (κ3) is 7.54. The van der Waals surface area contributed by atoms with Gasteiger partial charge in [0.05, 0.1) is 12.5 Å². The molecule has 128 valence electrons. The number of carbonyl (C=O) groups excluding carboxylic acids is 1. The van der Waals surface area contributed by atoms with E-state index in [1.807, 2.05) is 31.2 Å². The quantitative estimate of drug-likeness (QED) is 0.685. The van der Waals surface area contributed by atoms with Crippen LogP contribution in [-0.2, 0) is 4.79 Å². The fourth-order valence-electron chi connectivity index (χ4n) is 1.95. The van der Waals surface area contributed by atoms with Gasteiger partial charge in [0.1, 0.15) is 5.75 Å². The second-order valence-corrected chi connectivity index (χ2v) is 5.72. The average molecular weight is 322 g/mol. The van der Waals surface area contributed by atoms with Crippen LogP contribution in [0.2, 0.25) is 0 Å². The molecule has 1 atom stereocenters. The predicted octanol–water partition coefficient (Wildman–Crippen LogP) is 2.52. The standard InChI is InChI=1S/C17H26N2O4/c1-13-6-8-15(9-7-13)23-11-5-4-10-18-17(22)19(3)12-14(2)16(20)21/h6-9,14H,4-5,10-12H2,1-3H3,(H,18,22)(H,20,21). The molecule has 1 unspecified atom stereocenters. The maximum Gasteiger partial charge on any atom is 0.317 e. The van der Waals surface area contributed by atoms with Crippen molar-refractivity contribution >= 4 is 12.0 Å². The first-order valence-corrected chi connectivity index (χ1v) is 7.81.